The van der Waals surface area contributed by atoms with Crippen molar-refractivity contribution in [3.63, 3.8) is 0 Å². The lowest BCUT2D eigenvalue weighted by molar-refractivity contribution is -0.133. The van der Waals surface area contributed by atoms with Gasteiger partial charge in [-0.05, 0) is 61.7 Å². The standard InChI is InChI=1S/C37H48ClN7O2/c1-6-33(46)45-20-19-44(22-27(45)13-16-39)35-29-14-17-43(32-12-8-10-26-9-7-11-30(38)34(26)32)23-31(29)40-36(41-35)47-24-28-21-37(4,25(2)3)15-18-42(28)5/h7-12,25,27-28H,6,13-15,17-24H2,1-5H3. The summed E-state index contributed by atoms with van der Waals surface area (Å²) in [5.74, 6) is 1.56. The van der Waals surface area contributed by atoms with Crippen LogP contribution in [0, 0.1) is 22.7 Å². The van der Waals surface area contributed by atoms with Crippen LogP contribution in [0.5, 0.6) is 6.01 Å². The first-order valence-corrected chi connectivity index (χ1v) is 17.6. The first-order valence-electron chi connectivity index (χ1n) is 17.2. The number of benzene rings is 2. The van der Waals surface area contributed by atoms with E-state index in [2.05, 4.69) is 72.9 Å². The monoisotopic (exact) mass is 657 g/mol. The average Bonchev–Trinajstić information content (AvgIpc) is 3.07. The molecule has 1 amide bonds. The van der Waals surface area contributed by atoms with Gasteiger partial charge in [0.25, 0.3) is 0 Å². The first kappa shape index (κ1) is 33.3. The fourth-order valence-electron chi connectivity index (χ4n) is 7.61. The molecule has 4 heterocycles. The number of carbonyl (C=O) groups excluding carboxylic acids is 1. The SMILES string of the molecule is CCC(=O)N1CCN(c2nc(OCC3CC(C)(C(C)C)CCN3C)nc3c2CCN(c2cccc4cccc(Cl)c24)C3)CC1CC#N. The summed E-state index contributed by atoms with van der Waals surface area (Å²) in [6.07, 6.45) is 3.74. The number of aromatic nitrogens is 2. The van der Waals surface area contributed by atoms with E-state index in [0.29, 0.717) is 51.1 Å². The number of ether oxygens (including phenoxy) is 1. The van der Waals surface area contributed by atoms with Gasteiger partial charge >= 0.3 is 6.01 Å². The van der Waals surface area contributed by atoms with Gasteiger partial charge in [-0.1, -0.05) is 63.6 Å². The van der Waals surface area contributed by atoms with Gasteiger partial charge in [0.05, 0.1) is 35.8 Å². The van der Waals surface area contributed by atoms with E-state index >= 15 is 0 Å². The van der Waals surface area contributed by atoms with Crippen molar-refractivity contribution in [1.82, 2.24) is 19.8 Å². The van der Waals surface area contributed by atoms with Crippen LogP contribution in [0.25, 0.3) is 10.8 Å². The first-order chi connectivity index (χ1) is 22.6. The smallest absolute Gasteiger partial charge is 0.318 e. The largest absolute Gasteiger partial charge is 0.462 e. The van der Waals surface area contributed by atoms with Crippen molar-refractivity contribution in [3.8, 4) is 12.1 Å². The summed E-state index contributed by atoms with van der Waals surface area (Å²) < 4.78 is 6.52. The summed E-state index contributed by atoms with van der Waals surface area (Å²) in [4.78, 5) is 31.8. The highest BCUT2D eigenvalue weighted by molar-refractivity contribution is 6.36. The summed E-state index contributed by atoms with van der Waals surface area (Å²) in [5, 5.41) is 12.5. The summed E-state index contributed by atoms with van der Waals surface area (Å²) in [5.41, 5.74) is 3.44. The highest BCUT2D eigenvalue weighted by Crippen LogP contribution is 2.41. The number of likely N-dealkylation sites (N-methyl/N-ethyl adjacent to an activating group) is 1. The van der Waals surface area contributed by atoms with Gasteiger partial charge in [0.2, 0.25) is 5.91 Å². The van der Waals surface area contributed by atoms with Crippen molar-refractivity contribution in [2.24, 2.45) is 11.3 Å². The number of nitriles is 1. The highest BCUT2D eigenvalue weighted by Gasteiger charge is 2.38. The van der Waals surface area contributed by atoms with Crippen LogP contribution in [0.1, 0.15) is 64.6 Å². The Morgan fingerprint density at radius 3 is 2.64 bits per heavy atom. The zero-order valence-corrected chi connectivity index (χ0v) is 29.3. The van der Waals surface area contributed by atoms with Crippen LogP contribution in [0.15, 0.2) is 36.4 Å². The molecule has 9 nitrogen and oxygen atoms in total. The zero-order chi connectivity index (χ0) is 33.3. The molecule has 3 aliphatic rings. The van der Waals surface area contributed by atoms with E-state index in [9.17, 15) is 10.1 Å². The van der Waals surface area contributed by atoms with Crippen LogP contribution < -0.4 is 14.5 Å². The van der Waals surface area contributed by atoms with Crippen molar-refractivity contribution >= 4 is 39.8 Å². The van der Waals surface area contributed by atoms with Crippen LogP contribution in [0.2, 0.25) is 5.02 Å². The van der Waals surface area contributed by atoms with Crippen LogP contribution in [0.3, 0.4) is 0 Å². The fourth-order valence-corrected chi connectivity index (χ4v) is 7.89. The molecule has 0 saturated carbocycles. The molecule has 0 aliphatic carbocycles. The molecule has 0 radical (unpaired) electrons. The van der Waals surface area contributed by atoms with Gasteiger partial charge < -0.3 is 19.4 Å². The molecule has 3 unspecified atom stereocenters. The molecule has 47 heavy (non-hydrogen) atoms. The van der Waals surface area contributed by atoms with Crippen molar-refractivity contribution in [2.45, 2.75) is 78.4 Å². The van der Waals surface area contributed by atoms with Gasteiger partial charge in [-0.25, -0.2) is 0 Å². The van der Waals surface area contributed by atoms with E-state index in [0.717, 1.165) is 64.5 Å². The maximum absolute atomic E-state index is 12.8. The summed E-state index contributed by atoms with van der Waals surface area (Å²) in [6, 6.07) is 15.2. The number of amides is 1. The number of hydrogen-bond acceptors (Lipinski definition) is 8. The van der Waals surface area contributed by atoms with Crippen LogP contribution in [0.4, 0.5) is 11.5 Å². The van der Waals surface area contributed by atoms with Gasteiger partial charge in [-0.15, -0.1) is 0 Å². The van der Waals surface area contributed by atoms with Crippen molar-refractivity contribution in [3.05, 3.63) is 52.7 Å². The Balaban J connectivity index is 1.33. The van der Waals surface area contributed by atoms with Gasteiger partial charge in [0, 0.05) is 55.3 Å². The minimum Gasteiger partial charge on any atom is -0.462 e. The van der Waals surface area contributed by atoms with E-state index in [4.69, 9.17) is 26.3 Å². The van der Waals surface area contributed by atoms with E-state index in [-0.39, 0.29) is 29.8 Å². The van der Waals surface area contributed by atoms with Gasteiger partial charge in [0.15, 0.2) is 0 Å². The molecular formula is C37H48ClN7O2. The van der Waals surface area contributed by atoms with Crippen molar-refractivity contribution < 1.29 is 9.53 Å². The Labute approximate surface area is 284 Å². The zero-order valence-electron chi connectivity index (χ0n) is 28.5. The number of carbonyl (C=O) groups is 1. The molecule has 3 aromatic rings. The van der Waals surface area contributed by atoms with Gasteiger partial charge in [-0.3, -0.25) is 9.69 Å². The molecule has 6 rings (SSSR count). The summed E-state index contributed by atoms with van der Waals surface area (Å²) in [7, 11) is 2.19. The lowest BCUT2D eigenvalue weighted by atomic mass is 9.69. The maximum Gasteiger partial charge on any atom is 0.318 e. The second kappa shape index (κ2) is 13.9. The van der Waals surface area contributed by atoms with Crippen LogP contribution >= 0.6 is 11.6 Å². The number of anilines is 2. The number of hydrogen-bond donors (Lipinski definition) is 0. The minimum atomic E-state index is -0.182. The van der Waals surface area contributed by atoms with E-state index in [1.807, 2.05) is 24.0 Å². The lowest BCUT2D eigenvalue weighted by Crippen LogP contribution is -2.55. The molecule has 0 bridgehead atoms. The van der Waals surface area contributed by atoms with E-state index in [1.165, 1.54) is 6.42 Å². The molecule has 250 valence electrons. The molecule has 3 atom stereocenters. The molecule has 2 saturated heterocycles. The fraction of sp³-hybridized carbons (Fsp3) is 0.568. The molecule has 2 aromatic carbocycles. The maximum atomic E-state index is 12.8. The Kier molecular flexibility index (Phi) is 9.82. The molecular weight excluding hydrogens is 610 g/mol. The topological polar surface area (TPSA) is 88.8 Å². The molecule has 10 heteroatoms. The molecule has 3 aliphatic heterocycles. The third-order valence-electron chi connectivity index (χ3n) is 11.1. The number of likely N-dealkylation sites (tertiary alicyclic amines) is 1. The Bertz CT molecular complexity index is 1650. The van der Waals surface area contributed by atoms with Crippen molar-refractivity contribution in [2.75, 3.05) is 56.2 Å². The number of piperidine rings is 1. The third kappa shape index (κ3) is 6.73. The minimum absolute atomic E-state index is 0.0908. The second-order valence-electron chi connectivity index (χ2n) is 14.2. The van der Waals surface area contributed by atoms with Crippen molar-refractivity contribution in [1.29, 1.82) is 5.26 Å². The second-order valence-corrected chi connectivity index (χ2v) is 14.6. The van der Waals surface area contributed by atoms with Gasteiger partial charge in [-0.2, -0.15) is 15.2 Å². The Morgan fingerprint density at radius 1 is 1.11 bits per heavy atom. The highest BCUT2D eigenvalue weighted by atomic mass is 35.5. The number of rotatable bonds is 8. The quantitative estimate of drug-likeness (QED) is 0.278. The molecule has 1 aromatic heterocycles. The lowest BCUT2D eigenvalue weighted by Gasteiger charge is -2.45. The number of nitrogens with zero attached hydrogens (tertiary/aromatic N) is 7. The number of fused-ring (bicyclic) bond motifs is 2. The number of piperazine rings is 1. The number of halogens is 1. The van der Waals surface area contributed by atoms with E-state index in [1.54, 1.807) is 0 Å². The summed E-state index contributed by atoms with van der Waals surface area (Å²) >= 11 is 6.75. The normalized spacial score (nSPS) is 23.6. The summed E-state index contributed by atoms with van der Waals surface area (Å²) in [6.45, 7) is 13.7. The molecule has 2 fully saturated rings. The molecule has 0 N–H and O–H groups in total. The Hall–Kier alpha value is -3.61. The Morgan fingerprint density at radius 2 is 1.89 bits per heavy atom. The molecule has 0 spiro atoms. The van der Waals surface area contributed by atoms with Crippen LogP contribution in [-0.4, -0.2) is 84.1 Å². The van der Waals surface area contributed by atoms with E-state index < -0.39 is 0 Å². The predicted octanol–water partition coefficient (Wildman–Crippen LogP) is 6.32. The predicted molar refractivity (Wildman–Crippen MR) is 188 cm³/mol. The third-order valence-corrected chi connectivity index (χ3v) is 11.4. The average molecular weight is 658 g/mol. The van der Waals surface area contributed by atoms with Crippen LogP contribution in [-0.2, 0) is 17.8 Å². The van der Waals surface area contributed by atoms with Gasteiger partial charge in [0.1, 0.15) is 12.4 Å².